The number of amides is 1. The lowest BCUT2D eigenvalue weighted by Crippen LogP contribution is -2.51. The molecular weight excluding hydrogens is 409 g/mol. The maximum absolute atomic E-state index is 14.0. The summed E-state index contributed by atoms with van der Waals surface area (Å²) in [6.45, 7) is 3.16. The molecule has 1 fully saturated rings. The van der Waals surface area contributed by atoms with Gasteiger partial charge in [-0.2, -0.15) is 15.0 Å². The summed E-state index contributed by atoms with van der Waals surface area (Å²) >= 11 is 5.84. The van der Waals surface area contributed by atoms with Crippen LogP contribution in [0.4, 0.5) is 10.3 Å². The smallest absolute Gasteiger partial charge is 0.256 e. The van der Waals surface area contributed by atoms with E-state index < -0.39 is 5.82 Å². The summed E-state index contributed by atoms with van der Waals surface area (Å²) in [6.07, 6.45) is 7.93. The zero-order valence-corrected chi connectivity index (χ0v) is 17.1. The second kappa shape index (κ2) is 8.74. The molecule has 4 rings (SSSR count). The quantitative estimate of drug-likeness (QED) is 0.670. The maximum atomic E-state index is 14.0. The van der Waals surface area contributed by atoms with Crippen LogP contribution in [0.2, 0.25) is 5.02 Å². The second-order valence-corrected chi connectivity index (χ2v) is 7.71. The number of carbonyl (C=O) groups excluding carboxylic acids is 1. The van der Waals surface area contributed by atoms with Gasteiger partial charge in [-0.05, 0) is 37.0 Å². The minimum absolute atomic E-state index is 0.104. The molecule has 1 N–H and O–H groups in total. The summed E-state index contributed by atoms with van der Waals surface area (Å²) in [6, 6.07) is 3.95. The summed E-state index contributed by atoms with van der Waals surface area (Å²) in [5.74, 6) is -0.0418. The third-order valence-electron chi connectivity index (χ3n) is 5.29. The molecule has 8 nitrogen and oxygen atoms in total. The standard InChI is InChI=1S/C20H21ClFN7O/c1-13-3-2-8-28(18(13)12-25-20-23-10-14(21)11-24-20)19(30)16-9-15(22)4-5-17(16)29-26-6-7-27-29/h4-7,9-11,13,18H,2-3,8,12H2,1H3,(H,23,24,25)/t13-,18?/m1/s1. The van der Waals surface area contributed by atoms with Crippen molar-refractivity contribution >= 4 is 23.5 Å². The maximum Gasteiger partial charge on any atom is 0.256 e. The largest absolute Gasteiger partial charge is 0.352 e. The molecule has 0 radical (unpaired) electrons. The predicted molar refractivity (Wildman–Crippen MR) is 110 cm³/mol. The van der Waals surface area contributed by atoms with Crippen molar-refractivity contribution in [1.82, 2.24) is 29.9 Å². The molecule has 1 unspecified atom stereocenters. The van der Waals surface area contributed by atoms with Crippen molar-refractivity contribution in [3.05, 3.63) is 59.4 Å². The average molecular weight is 430 g/mol. The number of piperidine rings is 1. The summed E-state index contributed by atoms with van der Waals surface area (Å²) < 4.78 is 14.0. The highest BCUT2D eigenvalue weighted by Gasteiger charge is 2.33. The van der Waals surface area contributed by atoms with Crippen molar-refractivity contribution in [2.45, 2.75) is 25.8 Å². The van der Waals surface area contributed by atoms with E-state index in [0.29, 0.717) is 29.7 Å². The monoisotopic (exact) mass is 429 g/mol. The number of carbonyl (C=O) groups is 1. The normalized spacial score (nSPS) is 19.0. The number of rotatable bonds is 5. The van der Waals surface area contributed by atoms with Crippen LogP contribution in [-0.4, -0.2) is 54.9 Å². The van der Waals surface area contributed by atoms with E-state index in [1.807, 2.05) is 0 Å². The van der Waals surface area contributed by atoms with Crippen LogP contribution in [0.3, 0.4) is 0 Å². The SMILES string of the molecule is C[C@@H]1CCCN(C(=O)c2cc(F)ccc2-n2nccn2)C1CNc1ncc(Cl)cn1. The third-order valence-corrected chi connectivity index (χ3v) is 5.48. The van der Waals surface area contributed by atoms with Crippen molar-refractivity contribution in [3.8, 4) is 5.69 Å². The minimum atomic E-state index is -0.483. The highest BCUT2D eigenvalue weighted by atomic mass is 35.5. The molecule has 156 valence electrons. The molecule has 30 heavy (non-hydrogen) atoms. The van der Waals surface area contributed by atoms with Crippen LogP contribution in [0.25, 0.3) is 5.69 Å². The van der Waals surface area contributed by atoms with Gasteiger partial charge in [0.2, 0.25) is 5.95 Å². The van der Waals surface area contributed by atoms with Gasteiger partial charge in [0, 0.05) is 13.1 Å². The molecule has 1 aliphatic heterocycles. The number of hydrogen-bond donors (Lipinski definition) is 1. The van der Waals surface area contributed by atoms with Crippen LogP contribution in [0.15, 0.2) is 43.0 Å². The topological polar surface area (TPSA) is 88.8 Å². The van der Waals surface area contributed by atoms with Gasteiger partial charge in [-0.15, -0.1) is 0 Å². The van der Waals surface area contributed by atoms with Crippen LogP contribution >= 0.6 is 11.6 Å². The molecule has 3 heterocycles. The first-order valence-corrected chi connectivity index (χ1v) is 10.1. The first-order valence-electron chi connectivity index (χ1n) is 9.71. The molecule has 1 amide bonds. The van der Waals surface area contributed by atoms with E-state index in [1.165, 1.54) is 47.8 Å². The number of hydrogen-bond acceptors (Lipinski definition) is 6. The third kappa shape index (κ3) is 4.25. The Kier molecular flexibility index (Phi) is 5.89. The first-order chi connectivity index (χ1) is 14.5. The van der Waals surface area contributed by atoms with Gasteiger partial charge >= 0.3 is 0 Å². The molecule has 1 saturated heterocycles. The van der Waals surface area contributed by atoms with E-state index in [0.717, 1.165) is 12.8 Å². The summed E-state index contributed by atoms with van der Waals surface area (Å²) in [5, 5.41) is 11.8. The Morgan fingerprint density at radius 3 is 2.73 bits per heavy atom. The van der Waals surface area contributed by atoms with Crippen LogP contribution in [-0.2, 0) is 0 Å². The Bertz CT molecular complexity index is 1010. The molecule has 2 atom stereocenters. The number of benzene rings is 1. The van der Waals surface area contributed by atoms with Gasteiger partial charge in [0.05, 0.1) is 47.1 Å². The Hall–Kier alpha value is -3.07. The van der Waals surface area contributed by atoms with Crippen molar-refractivity contribution in [3.63, 3.8) is 0 Å². The number of nitrogens with one attached hydrogen (secondary N) is 1. The molecule has 3 aromatic rings. The second-order valence-electron chi connectivity index (χ2n) is 7.27. The van der Waals surface area contributed by atoms with E-state index in [9.17, 15) is 9.18 Å². The highest BCUT2D eigenvalue weighted by Crippen LogP contribution is 2.27. The lowest BCUT2D eigenvalue weighted by molar-refractivity contribution is 0.0539. The van der Waals surface area contributed by atoms with Gasteiger partial charge in [-0.1, -0.05) is 18.5 Å². The molecular formula is C20H21ClFN7O. The summed E-state index contributed by atoms with van der Waals surface area (Å²) in [5.41, 5.74) is 0.672. The van der Waals surface area contributed by atoms with Gasteiger partial charge in [-0.3, -0.25) is 4.79 Å². The number of aromatic nitrogens is 5. The fraction of sp³-hybridized carbons (Fsp3) is 0.350. The van der Waals surface area contributed by atoms with Crippen molar-refractivity contribution < 1.29 is 9.18 Å². The fourth-order valence-electron chi connectivity index (χ4n) is 3.76. The molecule has 2 aromatic heterocycles. The van der Waals surface area contributed by atoms with Crippen LogP contribution < -0.4 is 5.32 Å². The first kappa shape index (κ1) is 20.2. The zero-order chi connectivity index (χ0) is 21.1. The van der Waals surface area contributed by atoms with Crippen LogP contribution in [0, 0.1) is 11.7 Å². The van der Waals surface area contributed by atoms with E-state index >= 15 is 0 Å². The molecule has 1 aliphatic rings. The predicted octanol–water partition coefficient (Wildman–Crippen LogP) is 3.20. The number of nitrogens with zero attached hydrogens (tertiary/aromatic N) is 6. The number of anilines is 1. The van der Waals surface area contributed by atoms with E-state index in [1.54, 1.807) is 4.90 Å². The van der Waals surface area contributed by atoms with Gasteiger partial charge in [0.15, 0.2) is 0 Å². The van der Waals surface area contributed by atoms with Gasteiger partial charge in [0.1, 0.15) is 5.82 Å². The van der Waals surface area contributed by atoms with E-state index in [-0.39, 0.29) is 23.4 Å². The lowest BCUT2D eigenvalue weighted by atomic mass is 9.90. The van der Waals surface area contributed by atoms with Crippen molar-refractivity contribution in [1.29, 1.82) is 0 Å². The summed E-state index contributed by atoms with van der Waals surface area (Å²) in [7, 11) is 0. The highest BCUT2D eigenvalue weighted by molar-refractivity contribution is 6.30. The molecule has 0 bridgehead atoms. The molecule has 0 spiro atoms. The Morgan fingerprint density at radius 2 is 2.00 bits per heavy atom. The molecule has 10 heteroatoms. The van der Waals surface area contributed by atoms with Crippen LogP contribution in [0.1, 0.15) is 30.1 Å². The number of halogens is 2. The summed E-state index contributed by atoms with van der Waals surface area (Å²) in [4.78, 5) is 24.9. The average Bonchev–Trinajstić information content (AvgIpc) is 3.28. The van der Waals surface area contributed by atoms with Crippen molar-refractivity contribution in [2.75, 3.05) is 18.4 Å². The van der Waals surface area contributed by atoms with Gasteiger partial charge < -0.3 is 10.2 Å². The molecule has 0 saturated carbocycles. The van der Waals surface area contributed by atoms with Gasteiger partial charge in [0.25, 0.3) is 5.91 Å². The van der Waals surface area contributed by atoms with Crippen LogP contribution in [0.5, 0.6) is 0 Å². The Morgan fingerprint density at radius 1 is 1.27 bits per heavy atom. The lowest BCUT2D eigenvalue weighted by Gasteiger charge is -2.40. The minimum Gasteiger partial charge on any atom is -0.352 e. The van der Waals surface area contributed by atoms with Crippen molar-refractivity contribution in [2.24, 2.45) is 5.92 Å². The van der Waals surface area contributed by atoms with Gasteiger partial charge in [-0.25, -0.2) is 14.4 Å². The Balaban J connectivity index is 1.60. The zero-order valence-electron chi connectivity index (χ0n) is 16.4. The fourth-order valence-corrected chi connectivity index (χ4v) is 3.86. The molecule has 1 aromatic carbocycles. The van der Waals surface area contributed by atoms with E-state index in [2.05, 4.69) is 32.4 Å². The molecule has 0 aliphatic carbocycles. The van der Waals surface area contributed by atoms with E-state index in [4.69, 9.17) is 11.6 Å². The number of likely N-dealkylation sites (tertiary alicyclic amines) is 1. The Labute approximate surface area is 178 Å².